The maximum absolute atomic E-state index is 13.0. The zero-order valence-electron chi connectivity index (χ0n) is 13.9. The number of ether oxygens (including phenoxy) is 1. The van der Waals surface area contributed by atoms with Crippen molar-refractivity contribution in [1.29, 1.82) is 0 Å². The summed E-state index contributed by atoms with van der Waals surface area (Å²) in [7, 11) is 0. The van der Waals surface area contributed by atoms with Crippen molar-refractivity contribution in [3.63, 3.8) is 0 Å². The number of halogens is 1. The largest absolute Gasteiger partial charge is 0.447 e. The third-order valence-corrected chi connectivity index (χ3v) is 5.12. The fourth-order valence-corrected chi connectivity index (χ4v) is 3.60. The molecule has 2 aliphatic rings. The van der Waals surface area contributed by atoms with Crippen molar-refractivity contribution >= 4 is 33.6 Å². The smallest absolute Gasteiger partial charge is 0.416 e. The summed E-state index contributed by atoms with van der Waals surface area (Å²) in [6.45, 7) is 0.730. The Hall–Kier alpha value is -2.38. The maximum atomic E-state index is 13.0. The van der Waals surface area contributed by atoms with Gasteiger partial charge in [-0.15, -0.1) is 0 Å². The highest BCUT2D eigenvalue weighted by Gasteiger charge is 2.45. The van der Waals surface area contributed by atoms with E-state index in [1.165, 1.54) is 4.90 Å². The SMILES string of the molecule is O=C1OCCN1C(=O)[C@@H]1CON(c2ccccc2)[C@H]1c1ccc(Br)cc1. The van der Waals surface area contributed by atoms with Crippen LogP contribution in [0, 0.1) is 5.92 Å². The third-order valence-electron chi connectivity index (χ3n) is 4.59. The molecule has 0 bridgehead atoms. The number of benzene rings is 2. The van der Waals surface area contributed by atoms with Crippen LogP contribution in [0.4, 0.5) is 10.5 Å². The molecule has 0 unspecified atom stereocenters. The van der Waals surface area contributed by atoms with E-state index in [0.29, 0.717) is 0 Å². The number of hydrogen-bond acceptors (Lipinski definition) is 5. The van der Waals surface area contributed by atoms with Crippen LogP contribution in [-0.2, 0) is 14.4 Å². The summed E-state index contributed by atoms with van der Waals surface area (Å²) >= 11 is 3.44. The Bertz CT molecular complexity index is 812. The van der Waals surface area contributed by atoms with Crippen LogP contribution in [0.2, 0.25) is 0 Å². The van der Waals surface area contributed by atoms with Crippen molar-refractivity contribution in [2.24, 2.45) is 5.92 Å². The summed E-state index contributed by atoms with van der Waals surface area (Å²) in [5.41, 5.74) is 1.81. The molecule has 2 amide bonds. The molecule has 0 saturated carbocycles. The van der Waals surface area contributed by atoms with Crippen LogP contribution in [0.15, 0.2) is 59.1 Å². The van der Waals surface area contributed by atoms with E-state index in [4.69, 9.17) is 9.57 Å². The van der Waals surface area contributed by atoms with E-state index in [9.17, 15) is 9.59 Å². The molecule has 6 nitrogen and oxygen atoms in total. The van der Waals surface area contributed by atoms with Crippen molar-refractivity contribution in [2.45, 2.75) is 6.04 Å². The summed E-state index contributed by atoms with van der Waals surface area (Å²) < 4.78 is 5.88. The zero-order valence-corrected chi connectivity index (χ0v) is 15.5. The normalized spacial score (nSPS) is 22.6. The van der Waals surface area contributed by atoms with Crippen molar-refractivity contribution in [3.05, 3.63) is 64.6 Å². The molecular weight excluding hydrogens is 400 g/mol. The van der Waals surface area contributed by atoms with Gasteiger partial charge in [-0.25, -0.2) is 14.8 Å². The van der Waals surface area contributed by atoms with Gasteiger partial charge < -0.3 is 4.74 Å². The van der Waals surface area contributed by atoms with E-state index in [1.54, 1.807) is 5.06 Å². The molecule has 2 saturated heterocycles. The van der Waals surface area contributed by atoms with E-state index < -0.39 is 12.0 Å². The standard InChI is InChI=1S/C19H17BrN2O4/c20-14-8-6-13(7-9-14)17-16(18(23)21-10-11-25-19(21)24)12-26-22(17)15-4-2-1-3-5-15/h1-9,16-17H,10-12H2/t16-,17+/m1/s1. The van der Waals surface area contributed by atoms with E-state index in [-0.39, 0.29) is 31.7 Å². The van der Waals surface area contributed by atoms with E-state index in [2.05, 4.69) is 15.9 Å². The molecule has 134 valence electrons. The molecule has 4 rings (SSSR count). The summed E-state index contributed by atoms with van der Waals surface area (Å²) in [5.74, 6) is -0.763. The van der Waals surface area contributed by atoms with Crippen LogP contribution < -0.4 is 5.06 Å². The fourth-order valence-electron chi connectivity index (χ4n) is 3.33. The number of rotatable bonds is 3. The van der Waals surface area contributed by atoms with Gasteiger partial charge in [0.1, 0.15) is 6.61 Å². The molecule has 2 aliphatic heterocycles. The van der Waals surface area contributed by atoms with E-state index >= 15 is 0 Å². The molecule has 2 fully saturated rings. The van der Waals surface area contributed by atoms with Crippen molar-refractivity contribution < 1.29 is 19.2 Å². The zero-order chi connectivity index (χ0) is 18.1. The van der Waals surface area contributed by atoms with Crippen LogP contribution >= 0.6 is 15.9 Å². The van der Waals surface area contributed by atoms with Gasteiger partial charge in [-0.3, -0.25) is 9.63 Å². The van der Waals surface area contributed by atoms with Crippen molar-refractivity contribution in [3.8, 4) is 0 Å². The number of carbonyl (C=O) groups is 2. The molecule has 7 heteroatoms. The quantitative estimate of drug-likeness (QED) is 0.765. The Kier molecular flexibility index (Phi) is 4.65. The minimum Gasteiger partial charge on any atom is -0.447 e. The fraction of sp³-hybridized carbons (Fsp3) is 0.263. The number of carbonyl (C=O) groups excluding carboxylic acids is 2. The second-order valence-electron chi connectivity index (χ2n) is 6.16. The molecule has 0 aliphatic carbocycles. The molecule has 0 spiro atoms. The predicted octanol–water partition coefficient (Wildman–Crippen LogP) is 3.54. The minimum atomic E-state index is -0.581. The Morgan fingerprint density at radius 3 is 2.46 bits per heavy atom. The predicted molar refractivity (Wildman–Crippen MR) is 98.3 cm³/mol. The number of cyclic esters (lactones) is 1. The second kappa shape index (κ2) is 7.09. The topological polar surface area (TPSA) is 59.1 Å². The number of imide groups is 1. The number of hydrogen-bond donors (Lipinski definition) is 0. The molecule has 0 aromatic heterocycles. The van der Waals surface area contributed by atoms with E-state index in [1.807, 2.05) is 54.6 Å². The lowest BCUT2D eigenvalue weighted by atomic mass is 9.92. The summed E-state index contributed by atoms with van der Waals surface area (Å²) in [6, 6.07) is 17.1. The first-order valence-corrected chi connectivity index (χ1v) is 9.15. The summed E-state index contributed by atoms with van der Waals surface area (Å²) in [5, 5.41) is 1.76. The Labute approximate surface area is 159 Å². The van der Waals surface area contributed by atoms with Crippen LogP contribution in [0.25, 0.3) is 0 Å². The molecule has 2 heterocycles. The number of nitrogens with zero attached hydrogens (tertiary/aromatic N) is 2. The Morgan fingerprint density at radius 2 is 1.81 bits per heavy atom. The first-order valence-electron chi connectivity index (χ1n) is 8.36. The number of anilines is 1. The lowest BCUT2D eigenvalue weighted by Gasteiger charge is -2.28. The molecule has 2 aromatic carbocycles. The molecule has 26 heavy (non-hydrogen) atoms. The Balaban J connectivity index is 1.70. The molecule has 0 N–H and O–H groups in total. The van der Waals surface area contributed by atoms with Gasteiger partial charge in [0, 0.05) is 4.47 Å². The van der Waals surface area contributed by atoms with Gasteiger partial charge in [0.05, 0.1) is 30.8 Å². The van der Waals surface area contributed by atoms with Gasteiger partial charge in [-0.1, -0.05) is 46.3 Å². The first kappa shape index (κ1) is 17.1. The van der Waals surface area contributed by atoms with Crippen LogP contribution in [0.1, 0.15) is 11.6 Å². The van der Waals surface area contributed by atoms with Crippen molar-refractivity contribution in [1.82, 2.24) is 4.90 Å². The van der Waals surface area contributed by atoms with Crippen molar-refractivity contribution in [2.75, 3.05) is 24.8 Å². The molecular formula is C19H17BrN2O4. The lowest BCUT2D eigenvalue weighted by Crippen LogP contribution is -2.40. The van der Waals surface area contributed by atoms with Crippen LogP contribution in [0.5, 0.6) is 0 Å². The second-order valence-corrected chi connectivity index (χ2v) is 7.08. The van der Waals surface area contributed by atoms with Gasteiger partial charge in [-0.2, -0.15) is 0 Å². The highest BCUT2D eigenvalue weighted by atomic mass is 79.9. The monoisotopic (exact) mass is 416 g/mol. The van der Waals surface area contributed by atoms with Gasteiger partial charge >= 0.3 is 6.09 Å². The average Bonchev–Trinajstić information content (AvgIpc) is 3.29. The third kappa shape index (κ3) is 3.08. The summed E-state index contributed by atoms with van der Waals surface area (Å²) in [6.07, 6.45) is -0.581. The molecule has 0 radical (unpaired) electrons. The minimum absolute atomic E-state index is 0.207. The highest BCUT2D eigenvalue weighted by Crippen LogP contribution is 2.40. The van der Waals surface area contributed by atoms with Gasteiger partial charge in [0.25, 0.3) is 0 Å². The first-order chi connectivity index (χ1) is 12.6. The molecule has 2 atom stereocenters. The average molecular weight is 417 g/mol. The van der Waals surface area contributed by atoms with Crippen LogP contribution in [0.3, 0.4) is 0 Å². The molecule has 2 aromatic rings. The van der Waals surface area contributed by atoms with Gasteiger partial charge in [0.2, 0.25) is 5.91 Å². The Morgan fingerprint density at radius 1 is 1.08 bits per heavy atom. The number of amides is 2. The lowest BCUT2D eigenvalue weighted by molar-refractivity contribution is -0.132. The van der Waals surface area contributed by atoms with Gasteiger partial charge in [0.15, 0.2) is 0 Å². The van der Waals surface area contributed by atoms with Crippen LogP contribution in [-0.4, -0.2) is 36.7 Å². The highest BCUT2D eigenvalue weighted by molar-refractivity contribution is 9.10. The number of para-hydroxylation sites is 1. The summed E-state index contributed by atoms with van der Waals surface area (Å²) in [4.78, 5) is 31.9. The maximum Gasteiger partial charge on any atom is 0.416 e. The van der Waals surface area contributed by atoms with Gasteiger partial charge in [-0.05, 0) is 29.8 Å². The van der Waals surface area contributed by atoms with E-state index in [0.717, 1.165) is 15.7 Å². The number of hydroxylamine groups is 1.